The van der Waals surface area contributed by atoms with Crippen LogP contribution < -0.4 is 5.32 Å². The van der Waals surface area contributed by atoms with Crippen molar-refractivity contribution in [3.8, 4) is 0 Å². The number of carbonyl (C=O) groups is 2. The van der Waals surface area contributed by atoms with Gasteiger partial charge in [-0.05, 0) is 13.0 Å². The number of nitro groups is 1. The van der Waals surface area contributed by atoms with Gasteiger partial charge in [-0.2, -0.15) is 0 Å². The summed E-state index contributed by atoms with van der Waals surface area (Å²) in [4.78, 5) is 38.5. The molecule has 0 aliphatic carbocycles. The molecule has 20 heavy (non-hydrogen) atoms. The molecule has 1 aromatic rings. The van der Waals surface area contributed by atoms with Gasteiger partial charge in [0.05, 0.1) is 11.5 Å². The number of pyridine rings is 1. The first-order valence-corrected chi connectivity index (χ1v) is 6.08. The zero-order valence-electron chi connectivity index (χ0n) is 10.9. The van der Waals surface area contributed by atoms with E-state index < -0.39 is 16.5 Å². The van der Waals surface area contributed by atoms with E-state index in [9.17, 15) is 19.7 Å². The van der Waals surface area contributed by atoms with E-state index in [-0.39, 0.29) is 29.7 Å². The molecule has 0 bridgehead atoms. The SMILES string of the molecule is CCN(CC(=O)NC)C(=O)c1ccnc(Cl)c1[N+](=O)[O-]. The number of hydrogen-bond acceptors (Lipinski definition) is 5. The summed E-state index contributed by atoms with van der Waals surface area (Å²) in [6.07, 6.45) is 1.20. The lowest BCUT2D eigenvalue weighted by molar-refractivity contribution is -0.385. The minimum Gasteiger partial charge on any atom is -0.358 e. The van der Waals surface area contributed by atoms with Crippen LogP contribution in [0.15, 0.2) is 12.3 Å². The van der Waals surface area contributed by atoms with Crippen molar-refractivity contribution in [3.63, 3.8) is 0 Å². The molecule has 0 atom stereocenters. The van der Waals surface area contributed by atoms with Crippen LogP contribution in [0.5, 0.6) is 0 Å². The van der Waals surface area contributed by atoms with Crippen molar-refractivity contribution in [3.05, 3.63) is 33.1 Å². The first-order valence-electron chi connectivity index (χ1n) is 5.71. The number of likely N-dealkylation sites (N-methyl/N-ethyl adjacent to an activating group) is 2. The molecule has 0 saturated heterocycles. The topological polar surface area (TPSA) is 105 Å². The predicted octanol–water partition coefficient (Wildman–Crippen LogP) is 0.851. The Morgan fingerprint density at radius 3 is 2.70 bits per heavy atom. The van der Waals surface area contributed by atoms with Crippen molar-refractivity contribution in [1.82, 2.24) is 15.2 Å². The summed E-state index contributed by atoms with van der Waals surface area (Å²) in [6, 6.07) is 1.21. The Morgan fingerprint density at radius 2 is 2.20 bits per heavy atom. The Morgan fingerprint density at radius 1 is 1.55 bits per heavy atom. The van der Waals surface area contributed by atoms with E-state index in [0.717, 1.165) is 0 Å². The molecule has 1 rings (SSSR count). The molecular formula is C11H13ClN4O4. The second-order valence-electron chi connectivity index (χ2n) is 3.75. The van der Waals surface area contributed by atoms with Crippen LogP contribution in [0.3, 0.4) is 0 Å². The Labute approximate surface area is 119 Å². The van der Waals surface area contributed by atoms with Crippen LogP contribution in [0.1, 0.15) is 17.3 Å². The number of halogens is 1. The van der Waals surface area contributed by atoms with Gasteiger partial charge >= 0.3 is 5.69 Å². The van der Waals surface area contributed by atoms with Crippen molar-refractivity contribution in [1.29, 1.82) is 0 Å². The van der Waals surface area contributed by atoms with E-state index in [4.69, 9.17) is 11.6 Å². The molecule has 0 aliphatic rings. The van der Waals surface area contributed by atoms with Crippen molar-refractivity contribution in [2.24, 2.45) is 0 Å². The van der Waals surface area contributed by atoms with E-state index >= 15 is 0 Å². The summed E-state index contributed by atoms with van der Waals surface area (Å²) < 4.78 is 0. The van der Waals surface area contributed by atoms with Crippen molar-refractivity contribution < 1.29 is 14.5 Å². The molecule has 0 unspecified atom stereocenters. The first-order chi connectivity index (χ1) is 9.42. The van der Waals surface area contributed by atoms with E-state index in [1.54, 1.807) is 6.92 Å². The Bertz CT molecular complexity index is 549. The average molecular weight is 301 g/mol. The predicted molar refractivity (Wildman–Crippen MR) is 71.5 cm³/mol. The summed E-state index contributed by atoms with van der Waals surface area (Å²) in [5.41, 5.74) is -0.754. The highest BCUT2D eigenvalue weighted by atomic mass is 35.5. The highest BCUT2D eigenvalue weighted by Crippen LogP contribution is 2.26. The lowest BCUT2D eigenvalue weighted by Crippen LogP contribution is -2.39. The molecule has 0 spiro atoms. The number of nitrogens with one attached hydrogen (secondary N) is 1. The minimum atomic E-state index is -0.768. The maximum Gasteiger partial charge on any atom is 0.319 e. The second-order valence-corrected chi connectivity index (χ2v) is 4.11. The third-order valence-corrected chi connectivity index (χ3v) is 2.85. The number of carbonyl (C=O) groups excluding carboxylic acids is 2. The zero-order valence-corrected chi connectivity index (χ0v) is 11.7. The molecule has 0 radical (unpaired) electrons. The molecule has 8 nitrogen and oxygen atoms in total. The molecule has 0 aliphatic heterocycles. The van der Waals surface area contributed by atoms with Crippen LogP contribution in [0.4, 0.5) is 5.69 Å². The largest absolute Gasteiger partial charge is 0.358 e. The fourth-order valence-corrected chi connectivity index (χ4v) is 1.75. The highest BCUT2D eigenvalue weighted by molar-refractivity contribution is 6.32. The second kappa shape index (κ2) is 6.80. The van der Waals surface area contributed by atoms with Crippen LogP contribution >= 0.6 is 11.6 Å². The quantitative estimate of drug-likeness (QED) is 0.493. The summed E-state index contributed by atoms with van der Waals surface area (Å²) in [5.74, 6) is -1.02. The van der Waals surface area contributed by atoms with Crippen LogP contribution in [-0.2, 0) is 4.79 Å². The summed E-state index contributed by atoms with van der Waals surface area (Å²) in [6.45, 7) is 1.70. The fraction of sp³-hybridized carbons (Fsp3) is 0.364. The fourth-order valence-electron chi connectivity index (χ4n) is 1.52. The smallest absolute Gasteiger partial charge is 0.319 e. The van der Waals surface area contributed by atoms with E-state index in [1.165, 1.54) is 24.2 Å². The van der Waals surface area contributed by atoms with Gasteiger partial charge in [0.1, 0.15) is 5.56 Å². The van der Waals surface area contributed by atoms with Crippen molar-refractivity contribution >= 4 is 29.1 Å². The number of hydrogen-bond donors (Lipinski definition) is 1. The minimum absolute atomic E-state index is 0.192. The normalized spacial score (nSPS) is 9.95. The van der Waals surface area contributed by atoms with Gasteiger partial charge in [-0.1, -0.05) is 11.6 Å². The maximum absolute atomic E-state index is 12.3. The molecule has 1 aromatic heterocycles. The Hall–Kier alpha value is -2.22. The van der Waals surface area contributed by atoms with Crippen LogP contribution in [0.25, 0.3) is 0 Å². The van der Waals surface area contributed by atoms with Gasteiger partial charge in [-0.3, -0.25) is 19.7 Å². The van der Waals surface area contributed by atoms with Crippen LogP contribution in [0.2, 0.25) is 5.15 Å². The zero-order chi connectivity index (χ0) is 15.3. The van der Waals surface area contributed by atoms with Crippen molar-refractivity contribution in [2.45, 2.75) is 6.92 Å². The molecule has 0 fully saturated rings. The van der Waals surface area contributed by atoms with Crippen LogP contribution in [0, 0.1) is 10.1 Å². The van der Waals surface area contributed by atoms with E-state index in [0.29, 0.717) is 0 Å². The third-order valence-electron chi connectivity index (χ3n) is 2.57. The molecule has 9 heteroatoms. The number of nitrogens with zero attached hydrogens (tertiary/aromatic N) is 3. The van der Waals surface area contributed by atoms with E-state index in [2.05, 4.69) is 10.3 Å². The Kier molecular flexibility index (Phi) is 5.39. The summed E-state index contributed by atoms with van der Waals surface area (Å²) in [5, 5.41) is 13.0. The highest BCUT2D eigenvalue weighted by Gasteiger charge is 2.28. The number of aromatic nitrogens is 1. The van der Waals surface area contributed by atoms with Crippen LogP contribution in [-0.4, -0.2) is 46.8 Å². The number of amides is 2. The first kappa shape index (κ1) is 15.8. The molecule has 0 aromatic carbocycles. The summed E-state index contributed by atoms with van der Waals surface area (Å²) in [7, 11) is 1.44. The van der Waals surface area contributed by atoms with Gasteiger partial charge in [-0.15, -0.1) is 0 Å². The monoisotopic (exact) mass is 300 g/mol. The number of rotatable bonds is 5. The average Bonchev–Trinajstić information content (AvgIpc) is 2.42. The molecule has 2 amide bonds. The third kappa shape index (κ3) is 3.41. The van der Waals surface area contributed by atoms with Gasteiger partial charge in [0.25, 0.3) is 5.91 Å². The van der Waals surface area contributed by atoms with Crippen molar-refractivity contribution in [2.75, 3.05) is 20.1 Å². The van der Waals surface area contributed by atoms with Gasteiger partial charge in [-0.25, -0.2) is 4.98 Å². The molecule has 1 heterocycles. The molecule has 0 saturated carbocycles. The lowest BCUT2D eigenvalue weighted by Gasteiger charge is -2.19. The molecular weight excluding hydrogens is 288 g/mol. The lowest BCUT2D eigenvalue weighted by atomic mass is 10.2. The maximum atomic E-state index is 12.3. The molecule has 1 N–H and O–H groups in total. The van der Waals surface area contributed by atoms with Gasteiger partial charge in [0.15, 0.2) is 0 Å². The van der Waals surface area contributed by atoms with Gasteiger partial charge in [0, 0.05) is 19.8 Å². The van der Waals surface area contributed by atoms with E-state index in [1.807, 2.05) is 0 Å². The summed E-state index contributed by atoms with van der Waals surface area (Å²) >= 11 is 5.65. The van der Waals surface area contributed by atoms with Gasteiger partial charge in [0.2, 0.25) is 11.1 Å². The standard InChI is InChI=1S/C11H13ClN4O4/c1-3-15(6-8(17)13-2)11(18)7-4-5-14-10(12)9(7)16(19)20/h4-5H,3,6H2,1-2H3,(H,13,17). The Balaban J connectivity index is 3.16. The van der Waals surface area contributed by atoms with Gasteiger partial charge < -0.3 is 10.2 Å². The molecule has 108 valence electrons.